The summed E-state index contributed by atoms with van der Waals surface area (Å²) in [6.07, 6.45) is 1.72. The first-order valence-electron chi connectivity index (χ1n) is 6.47. The third-order valence-corrected chi connectivity index (χ3v) is 4.42. The topological polar surface area (TPSA) is 79.2 Å². The Morgan fingerprint density at radius 3 is 2.52 bits per heavy atom. The molecule has 1 aliphatic rings. The van der Waals surface area contributed by atoms with Crippen LogP contribution >= 0.6 is 0 Å². The highest BCUT2D eigenvalue weighted by Crippen LogP contribution is 2.13. The maximum Gasteiger partial charge on any atom is 0.211 e. The fourth-order valence-electron chi connectivity index (χ4n) is 1.93. The summed E-state index contributed by atoms with van der Waals surface area (Å²) in [5.41, 5.74) is 2.48. The smallest absolute Gasteiger partial charge is 0.211 e. The van der Waals surface area contributed by atoms with Gasteiger partial charge >= 0.3 is 0 Å². The Balaban J connectivity index is 1.89. The first kappa shape index (κ1) is 15.5. The molecule has 2 rings (SSSR count). The summed E-state index contributed by atoms with van der Waals surface area (Å²) < 4.78 is 23.6. The van der Waals surface area contributed by atoms with Crippen molar-refractivity contribution in [2.75, 3.05) is 19.8 Å². The lowest BCUT2D eigenvalue weighted by Crippen LogP contribution is -2.32. The quantitative estimate of drug-likeness (QED) is 0.789. The lowest BCUT2D eigenvalue weighted by molar-refractivity contribution is -0.117. The van der Waals surface area contributed by atoms with Crippen molar-refractivity contribution < 1.29 is 13.2 Å². The van der Waals surface area contributed by atoms with E-state index in [1.807, 2.05) is 30.3 Å². The van der Waals surface area contributed by atoms with E-state index >= 15 is 0 Å². The molecule has 0 spiro atoms. The van der Waals surface area contributed by atoms with E-state index < -0.39 is 10.0 Å². The molecule has 6 nitrogen and oxygen atoms in total. The van der Waals surface area contributed by atoms with Gasteiger partial charge in [0.1, 0.15) is 0 Å². The highest BCUT2D eigenvalue weighted by atomic mass is 32.2. The zero-order chi connectivity index (χ0) is 15.5. The standard InChI is InChI=1S/C14H17N3O3S/c1-17(21(2,19)20)10-13(18)8-12-9-14(16-15-12)11-6-4-3-5-7-11/h3-7H,8-10H2,1-2H3. The maximum atomic E-state index is 11.9. The molecule has 0 N–H and O–H groups in total. The molecule has 0 bridgehead atoms. The highest BCUT2D eigenvalue weighted by molar-refractivity contribution is 7.88. The van der Waals surface area contributed by atoms with Gasteiger partial charge in [0.2, 0.25) is 10.0 Å². The molecule has 0 radical (unpaired) electrons. The molecule has 0 aromatic heterocycles. The van der Waals surface area contributed by atoms with Crippen LogP contribution in [0.2, 0.25) is 0 Å². The number of sulfonamides is 1. The minimum absolute atomic E-state index is 0.125. The van der Waals surface area contributed by atoms with Crippen LogP contribution in [0.5, 0.6) is 0 Å². The Kier molecular flexibility index (Phi) is 4.64. The number of hydrogen-bond donors (Lipinski definition) is 0. The van der Waals surface area contributed by atoms with Crippen LogP contribution < -0.4 is 0 Å². The van der Waals surface area contributed by atoms with Crippen LogP contribution in [-0.4, -0.2) is 49.8 Å². The van der Waals surface area contributed by atoms with Gasteiger partial charge in [-0.05, 0) is 5.56 Å². The summed E-state index contributed by atoms with van der Waals surface area (Å²) in [6, 6.07) is 9.64. The summed E-state index contributed by atoms with van der Waals surface area (Å²) >= 11 is 0. The second-order valence-electron chi connectivity index (χ2n) is 4.99. The highest BCUT2D eigenvalue weighted by Gasteiger charge is 2.20. The summed E-state index contributed by atoms with van der Waals surface area (Å²) in [5, 5.41) is 8.11. The van der Waals surface area contributed by atoms with Gasteiger partial charge in [-0.2, -0.15) is 14.5 Å². The Morgan fingerprint density at radius 2 is 1.90 bits per heavy atom. The van der Waals surface area contributed by atoms with Crippen LogP contribution in [0.25, 0.3) is 0 Å². The molecule has 0 saturated carbocycles. The Labute approximate surface area is 124 Å². The van der Waals surface area contributed by atoms with Crippen molar-refractivity contribution in [1.29, 1.82) is 0 Å². The van der Waals surface area contributed by atoms with Gasteiger partial charge in [0.25, 0.3) is 0 Å². The normalized spacial score (nSPS) is 15.0. The van der Waals surface area contributed by atoms with E-state index in [2.05, 4.69) is 10.2 Å². The minimum Gasteiger partial charge on any atom is -0.298 e. The van der Waals surface area contributed by atoms with Crippen molar-refractivity contribution in [3.8, 4) is 0 Å². The van der Waals surface area contributed by atoms with Crippen LogP contribution in [0.3, 0.4) is 0 Å². The van der Waals surface area contributed by atoms with Crippen LogP contribution in [0.15, 0.2) is 40.5 Å². The largest absolute Gasteiger partial charge is 0.298 e. The molecule has 112 valence electrons. The van der Waals surface area contributed by atoms with Crippen LogP contribution in [0.4, 0.5) is 0 Å². The number of Topliss-reactive ketones (excluding diaryl/α,β-unsaturated/α-hetero) is 1. The molecule has 1 aliphatic heterocycles. The van der Waals surface area contributed by atoms with Crippen LogP contribution in [-0.2, 0) is 14.8 Å². The number of benzene rings is 1. The van der Waals surface area contributed by atoms with E-state index in [0.717, 1.165) is 21.8 Å². The molecule has 0 saturated heterocycles. The van der Waals surface area contributed by atoms with E-state index in [4.69, 9.17) is 0 Å². The van der Waals surface area contributed by atoms with Gasteiger partial charge in [-0.15, -0.1) is 0 Å². The molecule has 0 atom stereocenters. The molecule has 0 aliphatic carbocycles. The Bertz CT molecular complexity index is 693. The zero-order valence-electron chi connectivity index (χ0n) is 12.0. The Hall–Kier alpha value is -1.86. The zero-order valence-corrected chi connectivity index (χ0v) is 12.8. The number of ketones is 1. The Morgan fingerprint density at radius 1 is 1.24 bits per heavy atom. The third kappa shape index (κ3) is 4.30. The predicted octanol–water partition coefficient (Wildman–Crippen LogP) is 1.09. The van der Waals surface area contributed by atoms with Crippen molar-refractivity contribution in [1.82, 2.24) is 4.31 Å². The molecule has 0 unspecified atom stereocenters. The number of likely N-dealkylation sites (N-methyl/N-ethyl adjacent to an activating group) is 1. The van der Waals surface area contributed by atoms with Gasteiger partial charge in [0.15, 0.2) is 5.78 Å². The SMILES string of the molecule is CN(CC(=O)CC1=NN=C(c2ccccc2)C1)S(C)(=O)=O. The van der Waals surface area contributed by atoms with E-state index in [1.165, 1.54) is 7.05 Å². The number of nitrogens with zero attached hydrogens (tertiary/aromatic N) is 3. The molecule has 0 fully saturated rings. The minimum atomic E-state index is -3.34. The maximum absolute atomic E-state index is 11.9. The van der Waals surface area contributed by atoms with Gasteiger partial charge < -0.3 is 0 Å². The first-order valence-corrected chi connectivity index (χ1v) is 8.32. The van der Waals surface area contributed by atoms with Crippen molar-refractivity contribution in [2.24, 2.45) is 10.2 Å². The fraction of sp³-hybridized carbons (Fsp3) is 0.357. The summed E-state index contributed by atoms with van der Waals surface area (Å²) in [4.78, 5) is 11.9. The number of carbonyl (C=O) groups is 1. The second-order valence-corrected chi connectivity index (χ2v) is 7.08. The number of carbonyl (C=O) groups excluding carboxylic acids is 1. The first-order chi connectivity index (χ1) is 9.86. The van der Waals surface area contributed by atoms with Crippen molar-refractivity contribution in [3.63, 3.8) is 0 Å². The molecule has 1 heterocycles. The summed E-state index contributed by atoms with van der Waals surface area (Å²) in [7, 11) is -1.96. The van der Waals surface area contributed by atoms with E-state index in [-0.39, 0.29) is 18.7 Å². The average Bonchev–Trinajstić information content (AvgIpc) is 2.87. The summed E-state index contributed by atoms with van der Waals surface area (Å²) in [5.74, 6) is -0.189. The van der Waals surface area contributed by atoms with E-state index in [9.17, 15) is 13.2 Å². The van der Waals surface area contributed by atoms with Gasteiger partial charge in [-0.3, -0.25) is 4.79 Å². The fourth-order valence-corrected chi connectivity index (χ4v) is 2.31. The summed E-state index contributed by atoms with van der Waals surface area (Å²) in [6.45, 7) is -0.140. The van der Waals surface area contributed by atoms with Gasteiger partial charge in [0.05, 0.1) is 24.2 Å². The van der Waals surface area contributed by atoms with Crippen molar-refractivity contribution >= 4 is 27.2 Å². The average molecular weight is 307 g/mol. The number of hydrogen-bond acceptors (Lipinski definition) is 5. The lowest BCUT2D eigenvalue weighted by atomic mass is 10.0. The molecule has 1 aromatic rings. The molecule has 7 heteroatoms. The van der Waals surface area contributed by atoms with Crippen LogP contribution in [0, 0.1) is 0 Å². The van der Waals surface area contributed by atoms with E-state index in [0.29, 0.717) is 12.1 Å². The lowest BCUT2D eigenvalue weighted by Gasteiger charge is -2.12. The molecular formula is C14H17N3O3S. The van der Waals surface area contributed by atoms with Crippen molar-refractivity contribution in [3.05, 3.63) is 35.9 Å². The van der Waals surface area contributed by atoms with Crippen molar-refractivity contribution in [2.45, 2.75) is 12.8 Å². The second kappa shape index (κ2) is 6.28. The third-order valence-electron chi connectivity index (χ3n) is 3.16. The van der Waals surface area contributed by atoms with Gasteiger partial charge in [0, 0.05) is 19.9 Å². The monoisotopic (exact) mass is 307 g/mol. The molecule has 0 amide bonds. The molecule has 21 heavy (non-hydrogen) atoms. The van der Waals surface area contributed by atoms with Gasteiger partial charge in [-0.25, -0.2) is 8.42 Å². The molecule has 1 aromatic carbocycles. The van der Waals surface area contributed by atoms with Crippen LogP contribution in [0.1, 0.15) is 18.4 Å². The number of rotatable bonds is 6. The van der Waals surface area contributed by atoms with Gasteiger partial charge in [-0.1, -0.05) is 30.3 Å². The molecular weight excluding hydrogens is 290 g/mol. The van der Waals surface area contributed by atoms with E-state index in [1.54, 1.807) is 0 Å². The predicted molar refractivity (Wildman–Crippen MR) is 82.1 cm³/mol.